The Morgan fingerprint density at radius 3 is 1.91 bits per heavy atom. The molecule has 5 heteroatoms. The van der Waals surface area contributed by atoms with Crippen LogP contribution in [0.15, 0.2) is 91.4 Å². The molecule has 1 saturated heterocycles. The molecule has 1 fully saturated rings. The molecule has 0 spiro atoms. The van der Waals surface area contributed by atoms with Crippen molar-refractivity contribution in [2.45, 2.75) is 0 Å². The van der Waals surface area contributed by atoms with Gasteiger partial charge < -0.3 is 14.5 Å². The Morgan fingerprint density at radius 1 is 0.656 bits per heavy atom. The molecule has 5 rings (SSSR count). The van der Waals surface area contributed by atoms with E-state index in [1.165, 1.54) is 22.5 Å². The van der Waals surface area contributed by atoms with Gasteiger partial charge in [0.15, 0.2) is 0 Å². The largest absolute Gasteiger partial charge is 0.497 e. The molecule has 0 atom stereocenters. The van der Waals surface area contributed by atoms with Crippen molar-refractivity contribution in [2.24, 2.45) is 0 Å². The Balaban J connectivity index is 1.34. The monoisotopic (exact) mass is 422 g/mol. The van der Waals surface area contributed by atoms with Crippen molar-refractivity contribution in [3.63, 3.8) is 0 Å². The molecule has 2 aromatic carbocycles. The number of hydrogen-bond donors (Lipinski definition) is 0. The normalized spacial score (nSPS) is 13.8. The minimum Gasteiger partial charge on any atom is -0.497 e. The summed E-state index contributed by atoms with van der Waals surface area (Å²) in [6.45, 7) is 3.89. The molecule has 5 nitrogen and oxygen atoms in total. The Labute approximate surface area is 188 Å². The van der Waals surface area contributed by atoms with E-state index in [9.17, 15) is 0 Å². The van der Waals surface area contributed by atoms with E-state index >= 15 is 0 Å². The smallest absolute Gasteiger partial charge is 0.118 e. The quantitative estimate of drug-likeness (QED) is 0.445. The first-order valence-corrected chi connectivity index (χ1v) is 10.9. The summed E-state index contributed by atoms with van der Waals surface area (Å²) in [4.78, 5) is 13.7. The maximum Gasteiger partial charge on any atom is 0.118 e. The number of pyridine rings is 2. The fourth-order valence-corrected chi connectivity index (χ4v) is 4.24. The van der Waals surface area contributed by atoms with Gasteiger partial charge in [0.2, 0.25) is 0 Å². The van der Waals surface area contributed by atoms with Crippen molar-refractivity contribution in [1.82, 2.24) is 9.97 Å². The van der Waals surface area contributed by atoms with Crippen LogP contribution in [0.1, 0.15) is 0 Å². The highest BCUT2D eigenvalue weighted by Crippen LogP contribution is 2.32. The van der Waals surface area contributed by atoms with E-state index < -0.39 is 0 Å². The van der Waals surface area contributed by atoms with Crippen molar-refractivity contribution >= 4 is 11.4 Å². The zero-order chi connectivity index (χ0) is 21.8. The van der Waals surface area contributed by atoms with Crippen LogP contribution in [0.4, 0.5) is 11.4 Å². The number of hydrogen-bond acceptors (Lipinski definition) is 5. The first-order chi connectivity index (χ1) is 15.8. The third-order valence-corrected chi connectivity index (χ3v) is 6.02. The number of methoxy groups -OCH3 is 1. The van der Waals surface area contributed by atoms with Crippen LogP contribution >= 0.6 is 0 Å². The van der Waals surface area contributed by atoms with E-state index in [0.29, 0.717) is 0 Å². The number of piperazine rings is 1. The topological polar surface area (TPSA) is 41.5 Å². The van der Waals surface area contributed by atoms with Gasteiger partial charge >= 0.3 is 0 Å². The summed E-state index contributed by atoms with van der Waals surface area (Å²) in [5.74, 6) is 0.868. The minimum absolute atomic E-state index is 0.868. The molecule has 0 bridgehead atoms. The van der Waals surface area contributed by atoms with E-state index in [2.05, 4.69) is 69.4 Å². The SMILES string of the molecule is COc1ccc(-c2ccc(-c3ncccc3N3CCN(c4ccncc4)CC3)cc2)cc1. The molecular weight excluding hydrogens is 396 g/mol. The summed E-state index contributed by atoms with van der Waals surface area (Å²) in [5.41, 5.74) is 6.95. The van der Waals surface area contributed by atoms with Crippen molar-refractivity contribution in [2.75, 3.05) is 43.1 Å². The van der Waals surface area contributed by atoms with E-state index in [-0.39, 0.29) is 0 Å². The summed E-state index contributed by atoms with van der Waals surface area (Å²) in [7, 11) is 1.69. The summed E-state index contributed by atoms with van der Waals surface area (Å²) in [6.07, 6.45) is 5.59. The maximum atomic E-state index is 5.27. The van der Waals surface area contributed by atoms with Crippen LogP contribution in [0.3, 0.4) is 0 Å². The van der Waals surface area contributed by atoms with Gasteiger partial charge in [-0.3, -0.25) is 9.97 Å². The van der Waals surface area contributed by atoms with Gasteiger partial charge in [0.25, 0.3) is 0 Å². The van der Waals surface area contributed by atoms with E-state index in [4.69, 9.17) is 9.72 Å². The van der Waals surface area contributed by atoms with Crippen LogP contribution < -0.4 is 14.5 Å². The fourth-order valence-electron chi connectivity index (χ4n) is 4.24. The number of aromatic nitrogens is 2. The van der Waals surface area contributed by atoms with Crippen LogP contribution in [-0.2, 0) is 0 Å². The zero-order valence-electron chi connectivity index (χ0n) is 18.2. The summed E-state index contributed by atoms with van der Waals surface area (Å²) >= 11 is 0. The standard InChI is InChI=1S/C27H26N4O/c1-32-25-10-8-22(9-11-25)21-4-6-23(7-5-21)27-26(3-2-14-29-27)31-19-17-30(18-20-31)24-12-15-28-16-13-24/h2-16H,17-20H2,1H3. The molecular formula is C27H26N4O. The van der Waals surface area contributed by atoms with E-state index in [1.54, 1.807) is 7.11 Å². The lowest BCUT2D eigenvalue weighted by molar-refractivity contribution is 0.415. The summed E-state index contributed by atoms with van der Waals surface area (Å²) in [5, 5.41) is 0. The van der Waals surface area contributed by atoms with Gasteiger partial charge in [-0.15, -0.1) is 0 Å². The summed E-state index contributed by atoms with van der Waals surface area (Å²) < 4.78 is 5.27. The third-order valence-electron chi connectivity index (χ3n) is 6.02. The van der Waals surface area contributed by atoms with Gasteiger partial charge in [-0.05, 0) is 47.5 Å². The highest BCUT2D eigenvalue weighted by molar-refractivity contribution is 5.77. The van der Waals surface area contributed by atoms with Gasteiger partial charge in [0.05, 0.1) is 18.5 Å². The maximum absolute atomic E-state index is 5.27. The van der Waals surface area contributed by atoms with Gasteiger partial charge in [0, 0.05) is 56.0 Å². The predicted octanol–water partition coefficient (Wildman–Crippen LogP) is 5.15. The van der Waals surface area contributed by atoms with Gasteiger partial charge in [0.1, 0.15) is 5.75 Å². The average molecular weight is 423 g/mol. The third kappa shape index (κ3) is 4.14. The lowest BCUT2D eigenvalue weighted by Crippen LogP contribution is -2.46. The molecule has 3 heterocycles. The Bertz CT molecular complexity index is 1150. The molecule has 160 valence electrons. The molecule has 2 aromatic heterocycles. The molecule has 0 unspecified atom stereocenters. The Kier molecular flexibility index (Phi) is 5.71. The first kappa shape index (κ1) is 20.1. The van der Waals surface area contributed by atoms with Crippen molar-refractivity contribution < 1.29 is 4.74 Å². The van der Waals surface area contributed by atoms with Crippen LogP contribution in [-0.4, -0.2) is 43.3 Å². The second-order valence-electron chi connectivity index (χ2n) is 7.86. The lowest BCUT2D eigenvalue weighted by atomic mass is 10.0. The van der Waals surface area contributed by atoms with Crippen molar-refractivity contribution in [3.8, 4) is 28.1 Å². The Morgan fingerprint density at radius 2 is 1.25 bits per heavy atom. The molecule has 0 aliphatic carbocycles. The molecule has 32 heavy (non-hydrogen) atoms. The average Bonchev–Trinajstić information content (AvgIpc) is 2.89. The molecule has 0 radical (unpaired) electrons. The number of benzene rings is 2. The second kappa shape index (κ2) is 9.10. The van der Waals surface area contributed by atoms with E-state index in [0.717, 1.165) is 43.2 Å². The zero-order valence-corrected chi connectivity index (χ0v) is 18.2. The van der Waals surface area contributed by atoms with Crippen LogP contribution in [0.25, 0.3) is 22.4 Å². The number of anilines is 2. The lowest BCUT2D eigenvalue weighted by Gasteiger charge is -2.37. The number of rotatable bonds is 5. The number of ether oxygens (including phenoxy) is 1. The number of nitrogens with zero attached hydrogens (tertiary/aromatic N) is 4. The van der Waals surface area contributed by atoms with E-state index in [1.807, 2.05) is 36.8 Å². The summed E-state index contributed by atoms with van der Waals surface area (Å²) in [6, 6.07) is 25.2. The molecule has 0 saturated carbocycles. The molecule has 1 aliphatic rings. The highest BCUT2D eigenvalue weighted by atomic mass is 16.5. The van der Waals surface area contributed by atoms with Gasteiger partial charge in [-0.2, -0.15) is 0 Å². The molecule has 0 amide bonds. The van der Waals surface area contributed by atoms with Gasteiger partial charge in [-0.25, -0.2) is 0 Å². The molecule has 1 aliphatic heterocycles. The van der Waals surface area contributed by atoms with Crippen LogP contribution in [0.2, 0.25) is 0 Å². The van der Waals surface area contributed by atoms with Crippen LogP contribution in [0.5, 0.6) is 5.75 Å². The Hall–Kier alpha value is -3.86. The molecule has 4 aromatic rings. The van der Waals surface area contributed by atoms with Crippen LogP contribution in [0, 0.1) is 0 Å². The predicted molar refractivity (Wildman–Crippen MR) is 130 cm³/mol. The molecule has 0 N–H and O–H groups in total. The minimum atomic E-state index is 0.868. The van der Waals surface area contributed by atoms with Crippen molar-refractivity contribution in [1.29, 1.82) is 0 Å². The fraction of sp³-hybridized carbons (Fsp3) is 0.185. The van der Waals surface area contributed by atoms with Gasteiger partial charge in [-0.1, -0.05) is 36.4 Å². The highest BCUT2D eigenvalue weighted by Gasteiger charge is 2.20. The second-order valence-corrected chi connectivity index (χ2v) is 7.86. The van der Waals surface area contributed by atoms with Crippen molar-refractivity contribution in [3.05, 3.63) is 91.4 Å². The first-order valence-electron chi connectivity index (χ1n) is 10.9.